The number of sulfonamides is 1. The lowest BCUT2D eigenvalue weighted by Gasteiger charge is -2.33. The van der Waals surface area contributed by atoms with Gasteiger partial charge in [-0.2, -0.15) is 0 Å². The Morgan fingerprint density at radius 1 is 0.976 bits per heavy atom. The minimum Gasteiger partial charge on any atom is -0.497 e. The zero-order chi connectivity index (χ0) is 30.9. The molecule has 0 radical (unpaired) electrons. The number of hydrogen-bond donors (Lipinski definition) is 1. The fraction of sp³-hybridized carbons (Fsp3) is 0.333. The molecule has 1 N–H and O–H groups in total. The number of nitrogens with zero attached hydrogens (tertiary/aromatic N) is 3. The molecule has 0 fully saturated rings. The zero-order valence-corrected chi connectivity index (χ0v) is 24.9. The van der Waals surface area contributed by atoms with Crippen molar-refractivity contribution >= 4 is 33.2 Å². The van der Waals surface area contributed by atoms with Gasteiger partial charge in [-0.25, -0.2) is 8.42 Å². The maximum Gasteiger partial charge on any atom is 0.271 e. The molecule has 0 aliphatic carbocycles. The Bertz CT molecular complexity index is 1500. The van der Waals surface area contributed by atoms with Crippen LogP contribution in [0.15, 0.2) is 83.8 Å². The number of methoxy groups -OCH3 is 1. The normalized spacial score (nSPS) is 12.6. The fourth-order valence-electron chi connectivity index (χ4n) is 4.34. The zero-order valence-electron chi connectivity index (χ0n) is 24.1. The average molecular weight is 597 g/mol. The number of nitro groups is 1. The molecule has 12 heteroatoms. The maximum atomic E-state index is 14.1. The highest BCUT2D eigenvalue weighted by atomic mass is 32.2. The largest absolute Gasteiger partial charge is 0.497 e. The first-order valence-electron chi connectivity index (χ1n) is 13.6. The number of non-ortho nitro benzene ring substituents is 1. The molecule has 3 rings (SSSR count). The lowest BCUT2D eigenvalue weighted by atomic mass is 10.1. The van der Waals surface area contributed by atoms with E-state index in [0.717, 1.165) is 10.4 Å². The summed E-state index contributed by atoms with van der Waals surface area (Å²) in [5.41, 5.74) is 0.283. The van der Waals surface area contributed by atoms with E-state index in [4.69, 9.17) is 4.74 Å². The van der Waals surface area contributed by atoms with Crippen LogP contribution in [-0.2, 0) is 26.2 Å². The number of carbonyl (C=O) groups excluding carboxylic acids is 2. The van der Waals surface area contributed by atoms with Crippen molar-refractivity contribution in [3.8, 4) is 5.75 Å². The SMILES string of the molecule is CC[C@@H](C)NC(=O)[C@H](CC)N(Cc1cccc(OC)c1)C(=O)CN(c1cccc([N+](=O)[O-])c1)S(=O)(=O)c1ccccc1. The number of nitro benzene ring substituents is 1. The van der Waals surface area contributed by atoms with Crippen LogP contribution in [0.4, 0.5) is 11.4 Å². The lowest BCUT2D eigenvalue weighted by molar-refractivity contribution is -0.384. The Balaban J connectivity index is 2.10. The van der Waals surface area contributed by atoms with Crippen LogP contribution in [0.3, 0.4) is 0 Å². The van der Waals surface area contributed by atoms with Crippen LogP contribution in [-0.4, -0.2) is 55.8 Å². The van der Waals surface area contributed by atoms with E-state index >= 15 is 0 Å². The van der Waals surface area contributed by atoms with E-state index < -0.39 is 33.4 Å². The van der Waals surface area contributed by atoms with Gasteiger partial charge in [0, 0.05) is 24.7 Å². The standard InChI is InChI=1S/C30H36N4O7S/c1-5-22(3)31-30(36)28(6-2)32(20-23-12-10-15-26(18-23)41-4)29(35)21-33(24-13-11-14-25(19-24)34(37)38)42(39,40)27-16-8-7-9-17-27/h7-19,22,28H,5-6,20-21H2,1-4H3,(H,31,36)/t22-,28+/m1/s1. The lowest BCUT2D eigenvalue weighted by Crippen LogP contribution is -2.53. The van der Waals surface area contributed by atoms with Crippen LogP contribution in [0.25, 0.3) is 0 Å². The van der Waals surface area contributed by atoms with Gasteiger partial charge >= 0.3 is 0 Å². The summed E-state index contributed by atoms with van der Waals surface area (Å²) in [6, 6.07) is 18.6. The van der Waals surface area contributed by atoms with Gasteiger partial charge in [0.2, 0.25) is 11.8 Å². The number of ether oxygens (including phenoxy) is 1. The highest BCUT2D eigenvalue weighted by molar-refractivity contribution is 7.92. The van der Waals surface area contributed by atoms with Gasteiger partial charge in [0.25, 0.3) is 15.7 Å². The number of carbonyl (C=O) groups is 2. The molecule has 0 spiro atoms. The molecule has 0 aliphatic rings. The minimum atomic E-state index is -4.34. The molecule has 3 aromatic carbocycles. The molecule has 0 aliphatic heterocycles. The molecule has 0 saturated carbocycles. The second-order valence-corrected chi connectivity index (χ2v) is 11.6. The summed E-state index contributed by atoms with van der Waals surface area (Å²) in [7, 11) is -2.83. The smallest absolute Gasteiger partial charge is 0.271 e. The predicted octanol–water partition coefficient (Wildman–Crippen LogP) is 4.52. The molecule has 0 saturated heterocycles. The van der Waals surface area contributed by atoms with Crippen LogP contribution < -0.4 is 14.4 Å². The van der Waals surface area contributed by atoms with E-state index in [2.05, 4.69) is 5.32 Å². The second-order valence-electron chi connectivity index (χ2n) is 9.72. The van der Waals surface area contributed by atoms with Gasteiger partial charge in [-0.05, 0) is 55.7 Å². The van der Waals surface area contributed by atoms with Crippen molar-refractivity contribution in [1.82, 2.24) is 10.2 Å². The van der Waals surface area contributed by atoms with Gasteiger partial charge in [-0.1, -0.05) is 50.2 Å². The van der Waals surface area contributed by atoms with Crippen molar-refractivity contribution < 1.29 is 27.7 Å². The van der Waals surface area contributed by atoms with Crippen LogP contribution >= 0.6 is 0 Å². The van der Waals surface area contributed by atoms with Gasteiger partial charge in [-0.15, -0.1) is 0 Å². The third kappa shape index (κ3) is 7.84. The first kappa shape index (κ1) is 32.1. The molecule has 0 bridgehead atoms. The van der Waals surface area contributed by atoms with E-state index in [1.165, 1.54) is 42.3 Å². The van der Waals surface area contributed by atoms with E-state index in [1.807, 2.05) is 13.8 Å². The summed E-state index contributed by atoms with van der Waals surface area (Å²) in [6.07, 6.45) is 0.947. The predicted molar refractivity (Wildman–Crippen MR) is 160 cm³/mol. The highest BCUT2D eigenvalue weighted by Gasteiger charge is 2.34. The molecule has 42 heavy (non-hydrogen) atoms. The first-order chi connectivity index (χ1) is 20.0. The molecule has 224 valence electrons. The first-order valence-corrected chi connectivity index (χ1v) is 15.0. The molecular formula is C30H36N4O7S. The van der Waals surface area contributed by atoms with Crippen molar-refractivity contribution in [2.75, 3.05) is 18.0 Å². The van der Waals surface area contributed by atoms with Crippen molar-refractivity contribution in [3.05, 3.63) is 94.5 Å². The Labute approximate surface area is 246 Å². The topological polar surface area (TPSA) is 139 Å². The van der Waals surface area contributed by atoms with Crippen LogP contribution in [0.1, 0.15) is 39.2 Å². The Kier molecular flexibility index (Phi) is 11.0. The van der Waals surface area contributed by atoms with Crippen LogP contribution in [0, 0.1) is 10.1 Å². The molecule has 0 heterocycles. The summed E-state index contributed by atoms with van der Waals surface area (Å²) < 4.78 is 33.9. The quantitative estimate of drug-likeness (QED) is 0.213. The van der Waals surface area contributed by atoms with Gasteiger partial charge in [0.15, 0.2) is 0 Å². The molecule has 2 atom stereocenters. The van der Waals surface area contributed by atoms with E-state index in [9.17, 15) is 28.1 Å². The van der Waals surface area contributed by atoms with Crippen molar-refractivity contribution in [1.29, 1.82) is 0 Å². The third-order valence-corrected chi connectivity index (χ3v) is 8.60. The Morgan fingerprint density at radius 3 is 2.29 bits per heavy atom. The molecule has 3 aromatic rings. The molecule has 0 unspecified atom stereocenters. The molecular weight excluding hydrogens is 560 g/mol. The molecule has 11 nitrogen and oxygen atoms in total. The van der Waals surface area contributed by atoms with Crippen molar-refractivity contribution in [2.45, 2.75) is 57.1 Å². The highest BCUT2D eigenvalue weighted by Crippen LogP contribution is 2.28. The monoisotopic (exact) mass is 596 g/mol. The number of nitrogens with one attached hydrogen (secondary N) is 1. The van der Waals surface area contributed by atoms with Gasteiger partial charge < -0.3 is 15.0 Å². The summed E-state index contributed by atoms with van der Waals surface area (Å²) in [5.74, 6) is -0.465. The minimum absolute atomic E-state index is 0.00335. The Morgan fingerprint density at radius 2 is 1.67 bits per heavy atom. The summed E-state index contributed by atoms with van der Waals surface area (Å²) in [4.78, 5) is 39.6. The van der Waals surface area contributed by atoms with Gasteiger partial charge in [0.1, 0.15) is 18.3 Å². The van der Waals surface area contributed by atoms with Crippen molar-refractivity contribution in [2.24, 2.45) is 0 Å². The van der Waals surface area contributed by atoms with Crippen molar-refractivity contribution in [3.63, 3.8) is 0 Å². The van der Waals surface area contributed by atoms with Crippen LogP contribution in [0.5, 0.6) is 5.75 Å². The Hall–Kier alpha value is -4.45. The summed E-state index contributed by atoms with van der Waals surface area (Å²) in [6.45, 7) is 4.85. The van der Waals surface area contributed by atoms with E-state index in [-0.39, 0.29) is 41.2 Å². The summed E-state index contributed by atoms with van der Waals surface area (Å²) >= 11 is 0. The van der Waals surface area contributed by atoms with E-state index in [0.29, 0.717) is 17.7 Å². The van der Waals surface area contributed by atoms with E-state index in [1.54, 1.807) is 49.4 Å². The van der Waals surface area contributed by atoms with Gasteiger partial charge in [-0.3, -0.25) is 24.0 Å². The van der Waals surface area contributed by atoms with Crippen LogP contribution in [0.2, 0.25) is 0 Å². The number of anilines is 1. The summed E-state index contributed by atoms with van der Waals surface area (Å²) in [5, 5.41) is 14.4. The average Bonchev–Trinajstić information content (AvgIpc) is 2.99. The number of rotatable bonds is 14. The number of benzene rings is 3. The molecule has 2 amide bonds. The molecule has 0 aromatic heterocycles. The third-order valence-electron chi connectivity index (χ3n) is 6.81. The maximum absolute atomic E-state index is 14.1. The second kappa shape index (κ2) is 14.4. The number of hydrogen-bond acceptors (Lipinski definition) is 7. The number of amides is 2. The fourth-order valence-corrected chi connectivity index (χ4v) is 5.77. The van der Waals surface area contributed by atoms with Gasteiger partial charge in [0.05, 0.1) is 22.6 Å².